The summed E-state index contributed by atoms with van der Waals surface area (Å²) in [5.41, 5.74) is 0.492. The number of aromatic nitrogens is 3. The molecule has 1 aromatic rings. The molecule has 0 atom stereocenters. The molecule has 0 aromatic carbocycles. The highest BCUT2D eigenvalue weighted by molar-refractivity contribution is 14.0. The molecule has 0 amide bonds. The molecule has 126 valence electrons. The van der Waals surface area contributed by atoms with Crippen molar-refractivity contribution in [3.63, 3.8) is 0 Å². The number of guanidine groups is 1. The van der Waals surface area contributed by atoms with E-state index < -0.39 is 0 Å². The maximum atomic E-state index is 4.62. The second kappa shape index (κ2) is 8.69. The van der Waals surface area contributed by atoms with Gasteiger partial charge in [-0.15, -0.1) is 24.0 Å². The van der Waals surface area contributed by atoms with E-state index in [2.05, 4.69) is 46.5 Å². The van der Waals surface area contributed by atoms with E-state index in [1.807, 2.05) is 7.05 Å². The van der Waals surface area contributed by atoms with Gasteiger partial charge in [-0.1, -0.05) is 13.8 Å². The second-order valence-electron chi connectivity index (χ2n) is 6.58. The average Bonchev–Trinajstić information content (AvgIpc) is 2.84. The van der Waals surface area contributed by atoms with Gasteiger partial charge in [0.05, 0.1) is 0 Å². The molecule has 1 heterocycles. The van der Waals surface area contributed by atoms with Gasteiger partial charge in [0.25, 0.3) is 0 Å². The van der Waals surface area contributed by atoms with Gasteiger partial charge < -0.3 is 10.6 Å². The van der Waals surface area contributed by atoms with Gasteiger partial charge in [-0.3, -0.25) is 4.68 Å². The largest absolute Gasteiger partial charge is 0.357 e. The van der Waals surface area contributed by atoms with E-state index in [9.17, 15) is 0 Å². The Hall–Kier alpha value is -0.860. The number of rotatable bonds is 4. The van der Waals surface area contributed by atoms with E-state index in [4.69, 9.17) is 0 Å². The van der Waals surface area contributed by atoms with E-state index in [1.165, 1.54) is 25.7 Å². The average molecular weight is 420 g/mol. The maximum Gasteiger partial charge on any atom is 0.191 e. The molecule has 2 rings (SSSR count). The highest BCUT2D eigenvalue weighted by atomic mass is 127. The van der Waals surface area contributed by atoms with Crippen LogP contribution < -0.4 is 10.6 Å². The summed E-state index contributed by atoms with van der Waals surface area (Å²) in [6, 6.07) is 0.523. The molecule has 22 heavy (non-hydrogen) atoms. The highest BCUT2D eigenvalue weighted by Gasteiger charge is 2.27. The fourth-order valence-electron chi connectivity index (χ4n) is 2.67. The number of nitrogens with one attached hydrogen (secondary N) is 2. The SMILES string of the molecule is CCNC(=NCc1ncnn1C)NC1CCC(C)(C)CC1.I. The minimum Gasteiger partial charge on any atom is -0.357 e. The zero-order chi connectivity index (χ0) is 15.3. The standard InChI is InChI=1S/C15H28N6.HI/c1-5-16-14(17-10-13-18-11-19-21(13)4)20-12-6-8-15(2,3)9-7-12;/h11-12H,5-10H2,1-4H3,(H2,16,17,20);1H. The fraction of sp³-hybridized carbons (Fsp3) is 0.800. The third-order valence-corrected chi connectivity index (χ3v) is 4.21. The monoisotopic (exact) mass is 420 g/mol. The van der Waals surface area contributed by atoms with Crippen molar-refractivity contribution in [2.45, 2.75) is 59.0 Å². The van der Waals surface area contributed by atoms with Crippen LogP contribution in [0, 0.1) is 5.41 Å². The van der Waals surface area contributed by atoms with Crippen molar-refractivity contribution in [3.8, 4) is 0 Å². The lowest BCUT2D eigenvalue weighted by Gasteiger charge is -2.35. The summed E-state index contributed by atoms with van der Waals surface area (Å²) in [6.45, 7) is 8.21. The van der Waals surface area contributed by atoms with Gasteiger partial charge in [0, 0.05) is 19.6 Å². The number of nitrogens with zero attached hydrogens (tertiary/aromatic N) is 4. The molecule has 1 aliphatic rings. The molecule has 0 spiro atoms. The molecule has 1 fully saturated rings. The number of halogens is 1. The second-order valence-corrected chi connectivity index (χ2v) is 6.58. The Morgan fingerprint density at radius 1 is 1.41 bits per heavy atom. The van der Waals surface area contributed by atoms with Crippen LogP contribution in [0.15, 0.2) is 11.3 Å². The molecule has 6 nitrogen and oxygen atoms in total. The predicted octanol–water partition coefficient (Wildman–Crippen LogP) is 2.46. The molecule has 1 saturated carbocycles. The van der Waals surface area contributed by atoms with Crippen LogP contribution in [0.4, 0.5) is 0 Å². The lowest BCUT2D eigenvalue weighted by atomic mass is 9.75. The maximum absolute atomic E-state index is 4.62. The number of aliphatic imine (C=N–C) groups is 1. The molecule has 2 N–H and O–H groups in total. The molecule has 0 aliphatic heterocycles. The van der Waals surface area contributed by atoms with Crippen molar-refractivity contribution in [1.82, 2.24) is 25.4 Å². The van der Waals surface area contributed by atoms with Gasteiger partial charge in [0.2, 0.25) is 0 Å². The first kappa shape index (κ1) is 19.2. The lowest BCUT2D eigenvalue weighted by molar-refractivity contribution is 0.216. The van der Waals surface area contributed by atoms with E-state index in [-0.39, 0.29) is 24.0 Å². The van der Waals surface area contributed by atoms with Crippen molar-refractivity contribution in [3.05, 3.63) is 12.2 Å². The van der Waals surface area contributed by atoms with Crippen LogP contribution in [0.2, 0.25) is 0 Å². The van der Waals surface area contributed by atoms with Crippen LogP contribution in [0.3, 0.4) is 0 Å². The van der Waals surface area contributed by atoms with E-state index in [0.29, 0.717) is 18.0 Å². The van der Waals surface area contributed by atoms with Crippen LogP contribution in [-0.4, -0.2) is 33.3 Å². The number of aryl methyl sites for hydroxylation is 1. The molecule has 0 bridgehead atoms. The highest BCUT2D eigenvalue weighted by Crippen LogP contribution is 2.34. The summed E-state index contributed by atoms with van der Waals surface area (Å²) in [5.74, 6) is 1.75. The Balaban J connectivity index is 0.00000242. The van der Waals surface area contributed by atoms with Crippen molar-refractivity contribution in [2.24, 2.45) is 17.5 Å². The van der Waals surface area contributed by atoms with Crippen LogP contribution in [0.25, 0.3) is 0 Å². The smallest absolute Gasteiger partial charge is 0.191 e. The predicted molar refractivity (Wildman–Crippen MR) is 100 cm³/mol. The first-order valence-electron chi connectivity index (χ1n) is 7.88. The van der Waals surface area contributed by atoms with Crippen molar-refractivity contribution in [1.29, 1.82) is 0 Å². The summed E-state index contributed by atoms with van der Waals surface area (Å²) in [7, 11) is 1.89. The summed E-state index contributed by atoms with van der Waals surface area (Å²) >= 11 is 0. The molecule has 1 aliphatic carbocycles. The topological polar surface area (TPSA) is 67.1 Å². The quantitative estimate of drug-likeness (QED) is 0.446. The Labute approximate surface area is 150 Å². The zero-order valence-corrected chi connectivity index (χ0v) is 16.4. The van der Waals surface area contributed by atoms with Crippen LogP contribution >= 0.6 is 24.0 Å². The third kappa shape index (κ3) is 5.73. The van der Waals surface area contributed by atoms with Crippen molar-refractivity contribution in [2.75, 3.05) is 6.54 Å². The Kier molecular flexibility index (Phi) is 7.58. The molecule has 0 saturated heterocycles. The summed E-state index contributed by atoms with van der Waals surface area (Å²) in [4.78, 5) is 8.82. The molecule has 1 aromatic heterocycles. The Bertz CT molecular complexity index is 472. The molecule has 7 heteroatoms. The normalized spacial score (nSPS) is 18.6. The van der Waals surface area contributed by atoms with Gasteiger partial charge >= 0.3 is 0 Å². The Morgan fingerprint density at radius 3 is 2.64 bits per heavy atom. The van der Waals surface area contributed by atoms with Gasteiger partial charge in [-0.05, 0) is 38.0 Å². The number of hydrogen-bond donors (Lipinski definition) is 2. The van der Waals surface area contributed by atoms with Gasteiger partial charge in [-0.25, -0.2) is 9.98 Å². The summed E-state index contributed by atoms with van der Waals surface area (Å²) in [5, 5.41) is 10.9. The minimum absolute atomic E-state index is 0. The van der Waals surface area contributed by atoms with Crippen LogP contribution in [-0.2, 0) is 13.6 Å². The molecule has 0 unspecified atom stereocenters. The van der Waals surface area contributed by atoms with Gasteiger partial charge in [0.1, 0.15) is 18.7 Å². The minimum atomic E-state index is 0. The molecular formula is C15H29IN6. The van der Waals surface area contributed by atoms with Crippen molar-refractivity contribution < 1.29 is 0 Å². The first-order valence-corrected chi connectivity index (χ1v) is 7.88. The van der Waals surface area contributed by atoms with E-state index in [0.717, 1.165) is 18.3 Å². The molecular weight excluding hydrogens is 391 g/mol. The van der Waals surface area contributed by atoms with Gasteiger partial charge in [0.15, 0.2) is 5.96 Å². The lowest BCUT2D eigenvalue weighted by Crippen LogP contribution is -2.45. The van der Waals surface area contributed by atoms with E-state index >= 15 is 0 Å². The summed E-state index contributed by atoms with van der Waals surface area (Å²) < 4.78 is 1.76. The van der Waals surface area contributed by atoms with Gasteiger partial charge in [-0.2, -0.15) is 5.10 Å². The Morgan fingerprint density at radius 2 is 2.09 bits per heavy atom. The van der Waals surface area contributed by atoms with Crippen molar-refractivity contribution >= 4 is 29.9 Å². The fourth-order valence-corrected chi connectivity index (χ4v) is 2.67. The van der Waals surface area contributed by atoms with E-state index in [1.54, 1.807) is 11.0 Å². The van der Waals surface area contributed by atoms with Crippen LogP contribution in [0.5, 0.6) is 0 Å². The molecule has 0 radical (unpaired) electrons. The van der Waals surface area contributed by atoms with Crippen LogP contribution in [0.1, 0.15) is 52.3 Å². The number of hydrogen-bond acceptors (Lipinski definition) is 3. The zero-order valence-electron chi connectivity index (χ0n) is 14.1. The third-order valence-electron chi connectivity index (χ3n) is 4.21. The first-order chi connectivity index (χ1) is 10.00. The summed E-state index contributed by atoms with van der Waals surface area (Å²) in [6.07, 6.45) is 6.53.